The SMILES string of the molecule is CC[C@@H]1C[C@H]1C(=O)c1cccc(F)c1. The van der Waals surface area contributed by atoms with E-state index in [4.69, 9.17) is 0 Å². The molecule has 0 spiro atoms. The van der Waals surface area contributed by atoms with E-state index in [1.807, 2.05) is 0 Å². The highest BCUT2D eigenvalue weighted by molar-refractivity contribution is 5.99. The second kappa shape index (κ2) is 3.52. The summed E-state index contributed by atoms with van der Waals surface area (Å²) in [6.07, 6.45) is 2.03. The van der Waals surface area contributed by atoms with E-state index < -0.39 is 0 Å². The first-order chi connectivity index (χ1) is 6.72. The zero-order chi connectivity index (χ0) is 10.1. The summed E-state index contributed by atoms with van der Waals surface area (Å²) in [7, 11) is 0. The third-order valence-corrected chi connectivity index (χ3v) is 2.89. The molecule has 1 fully saturated rings. The summed E-state index contributed by atoms with van der Waals surface area (Å²) < 4.78 is 12.8. The fourth-order valence-electron chi connectivity index (χ4n) is 1.88. The largest absolute Gasteiger partial charge is 0.294 e. The Morgan fingerprint density at radius 2 is 2.36 bits per heavy atom. The highest BCUT2D eigenvalue weighted by Crippen LogP contribution is 2.43. The fourth-order valence-corrected chi connectivity index (χ4v) is 1.88. The van der Waals surface area contributed by atoms with Crippen molar-refractivity contribution in [2.75, 3.05) is 0 Å². The number of Topliss-reactive ketones (excluding diaryl/α,β-unsaturated/α-hetero) is 1. The van der Waals surface area contributed by atoms with Gasteiger partial charge in [0.1, 0.15) is 5.82 Å². The molecule has 1 aromatic carbocycles. The van der Waals surface area contributed by atoms with E-state index in [-0.39, 0.29) is 17.5 Å². The second-order valence-electron chi connectivity index (χ2n) is 3.89. The van der Waals surface area contributed by atoms with Crippen molar-refractivity contribution in [3.05, 3.63) is 35.6 Å². The Morgan fingerprint density at radius 1 is 1.57 bits per heavy atom. The maximum Gasteiger partial charge on any atom is 0.166 e. The van der Waals surface area contributed by atoms with Crippen LogP contribution in [0.5, 0.6) is 0 Å². The average Bonchev–Trinajstić information content (AvgIpc) is 2.95. The molecule has 0 N–H and O–H groups in total. The summed E-state index contributed by atoms with van der Waals surface area (Å²) in [4.78, 5) is 11.8. The zero-order valence-electron chi connectivity index (χ0n) is 8.16. The molecular formula is C12H13FO. The molecule has 1 aromatic rings. The number of ketones is 1. The normalized spacial score (nSPS) is 24.7. The van der Waals surface area contributed by atoms with Gasteiger partial charge in [0.2, 0.25) is 0 Å². The first kappa shape index (κ1) is 9.38. The summed E-state index contributed by atoms with van der Waals surface area (Å²) in [6.45, 7) is 2.09. The predicted octanol–water partition coefficient (Wildman–Crippen LogP) is 3.05. The smallest absolute Gasteiger partial charge is 0.166 e. The molecule has 1 aliphatic rings. The minimum absolute atomic E-state index is 0.108. The number of carbonyl (C=O) groups excluding carboxylic acids is 1. The van der Waals surface area contributed by atoms with E-state index in [1.165, 1.54) is 12.1 Å². The Labute approximate surface area is 82.9 Å². The summed E-state index contributed by atoms with van der Waals surface area (Å²) in [5, 5.41) is 0. The molecule has 0 aliphatic heterocycles. The topological polar surface area (TPSA) is 17.1 Å². The van der Waals surface area contributed by atoms with Gasteiger partial charge in [-0.1, -0.05) is 25.5 Å². The van der Waals surface area contributed by atoms with E-state index in [2.05, 4.69) is 6.92 Å². The average molecular weight is 192 g/mol. The van der Waals surface area contributed by atoms with Gasteiger partial charge in [-0.3, -0.25) is 4.79 Å². The molecule has 14 heavy (non-hydrogen) atoms. The molecular weight excluding hydrogens is 179 g/mol. The number of benzene rings is 1. The van der Waals surface area contributed by atoms with Crippen LogP contribution in [0.3, 0.4) is 0 Å². The summed E-state index contributed by atoms with van der Waals surface area (Å²) in [5.41, 5.74) is 0.519. The molecule has 2 atom stereocenters. The second-order valence-corrected chi connectivity index (χ2v) is 3.89. The fraction of sp³-hybridized carbons (Fsp3) is 0.417. The minimum Gasteiger partial charge on any atom is -0.294 e. The number of halogens is 1. The van der Waals surface area contributed by atoms with Crippen LogP contribution in [0.15, 0.2) is 24.3 Å². The van der Waals surface area contributed by atoms with Crippen molar-refractivity contribution < 1.29 is 9.18 Å². The van der Waals surface area contributed by atoms with Gasteiger partial charge in [-0.25, -0.2) is 4.39 Å². The van der Waals surface area contributed by atoms with Gasteiger partial charge in [-0.15, -0.1) is 0 Å². The summed E-state index contributed by atoms with van der Waals surface area (Å²) in [6, 6.07) is 5.97. The Kier molecular flexibility index (Phi) is 2.36. The lowest BCUT2D eigenvalue weighted by molar-refractivity contribution is 0.0960. The van der Waals surface area contributed by atoms with Gasteiger partial charge in [-0.05, 0) is 24.5 Å². The predicted molar refractivity (Wildman–Crippen MR) is 52.6 cm³/mol. The third kappa shape index (κ3) is 1.69. The number of rotatable bonds is 3. The molecule has 0 unspecified atom stereocenters. The first-order valence-corrected chi connectivity index (χ1v) is 5.02. The molecule has 0 aromatic heterocycles. The summed E-state index contributed by atoms with van der Waals surface area (Å²) >= 11 is 0. The maximum atomic E-state index is 12.8. The van der Waals surface area contributed by atoms with Gasteiger partial charge in [0, 0.05) is 11.5 Å². The molecule has 1 saturated carbocycles. The lowest BCUT2D eigenvalue weighted by atomic mass is 10.1. The van der Waals surface area contributed by atoms with Crippen molar-refractivity contribution in [3.8, 4) is 0 Å². The molecule has 0 saturated heterocycles. The molecule has 1 nitrogen and oxygen atoms in total. The number of hydrogen-bond acceptors (Lipinski definition) is 1. The van der Waals surface area contributed by atoms with Crippen molar-refractivity contribution in [2.45, 2.75) is 19.8 Å². The van der Waals surface area contributed by atoms with Gasteiger partial charge in [0.15, 0.2) is 5.78 Å². The third-order valence-electron chi connectivity index (χ3n) is 2.89. The Hall–Kier alpha value is -1.18. The standard InChI is InChI=1S/C12H13FO/c1-2-8-7-11(8)12(14)9-4-3-5-10(13)6-9/h3-6,8,11H,2,7H2,1H3/t8-,11-/m1/s1. The highest BCUT2D eigenvalue weighted by atomic mass is 19.1. The molecule has 0 heterocycles. The lowest BCUT2D eigenvalue weighted by Gasteiger charge is -1.99. The van der Waals surface area contributed by atoms with Gasteiger partial charge >= 0.3 is 0 Å². The Morgan fingerprint density at radius 3 is 2.93 bits per heavy atom. The van der Waals surface area contributed by atoms with Gasteiger partial charge in [0.05, 0.1) is 0 Å². The molecule has 1 aliphatic carbocycles. The van der Waals surface area contributed by atoms with E-state index in [1.54, 1.807) is 12.1 Å². The van der Waals surface area contributed by atoms with Crippen LogP contribution in [-0.2, 0) is 0 Å². The maximum absolute atomic E-state index is 12.8. The van der Waals surface area contributed by atoms with Crippen molar-refractivity contribution in [1.82, 2.24) is 0 Å². The Bertz CT molecular complexity index is 359. The van der Waals surface area contributed by atoms with Crippen LogP contribution in [0.2, 0.25) is 0 Å². The van der Waals surface area contributed by atoms with E-state index >= 15 is 0 Å². The van der Waals surface area contributed by atoms with Crippen LogP contribution >= 0.6 is 0 Å². The lowest BCUT2D eigenvalue weighted by Crippen LogP contribution is -2.03. The first-order valence-electron chi connectivity index (χ1n) is 5.02. The molecule has 74 valence electrons. The van der Waals surface area contributed by atoms with Crippen LogP contribution in [0, 0.1) is 17.7 Å². The zero-order valence-corrected chi connectivity index (χ0v) is 8.16. The number of carbonyl (C=O) groups is 1. The van der Waals surface area contributed by atoms with E-state index in [9.17, 15) is 9.18 Å². The van der Waals surface area contributed by atoms with Gasteiger partial charge < -0.3 is 0 Å². The molecule has 2 rings (SSSR count). The van der Waals surface area contributed by atoms with Crippen LogP contribution in [0.4, 0.5) is 4.39 Å². The Balaban J connectivity index is 2.13. The van der Waals surface area contributed by atoms with E-state index in [0.29, 0.717) is 11.5 Å². The monoisotopic (exact) mass is 192 g/mol. The highest BCUT2D eigenvalue weighted by Gasteiger charge is 2.41. The number of hydrogen-bond donors (Lipinski definition) is 0. The van der Waals surface area contributed by atoms with Crippen LogP contribution in [-0.4, -0.2) is 5.78 Å². The van der Waals surface area contributed by atoms with Gasteiger partial charge in [-0.2, -0.15) is 0 Å². The molecule has 2 heteroatoms. The minimum atomic E-state index is -0.329. The van der Waals surface area contributed by atoms with Crippen molar-refractivity contribution in [2.24, 2.45) is 11.8 Å². The van der Waals surface area contributed by atoms with Crippen LogP contribution < -0.4 is 0 Å². The van der Waals surface area contributed by atoms with Crippen molar-refractivity contribution in [1.29, 1.82) is 0 Å². The quantitative estimate of drug-likeness (QED) is 0.673. The molecule has 0 radical (unpaired) electrons. The van der Waals surface area contributed by atoms with Crippen LogP contribution in [0.25, 0.3) is 0 Å². The van der Waals surface area contributed by atoms with Gasteiger partial charge in [0.25, 0.3) is 0 Å². The molecule has 0 bridgehead atoms. The summed E-state index contributed by atoms with van der Waals surface area (Å²) in [5.74, 6) is 0.466. The molecule has 0 amide bonds. The van der Waals surface area contributed by atoms with Crippen molar-refractivity contribution in [3.63, 3.8) is 0 Å². The van der Waals surface area contributed by atoms with E-state index in [0.717, 1.165) is 12.8 Å². The van der Waals surface area contributed by atoms with Crippen molar-refractivity contribution >= 4 is 5.78 Å². The van der Waals surface area contributed by atoms with Crippen LogP contribution in [0.1, 0.15) is 30.1 Å².